The van der Waals surface area contributed by atoms with Gasteiger partial charge in [-0.2, -0.15) is 0 Å². The van der Waals surface area contributed by atoms with Crippen LogP contribution in [-0.2, 0) is 17.8 Å². The number of nitrogens with zero attached hydrogens (tertiary/aromatic N) is 2. The van der Waals surface area contributed by atoms with Gasteiger partial charge in [-0.05, 0) is 43.5 Å². The molecule has 25 heavy (non-hydrogen) atoms. The monoisotopic (exact) mass is 347 g/mol. The first kappa shape index (κ1) is 19.7. The molecule has 0 saturated carbocycles. The van der Waals surface area contributed by atoms with Crippen molar-refractivity contribution in [1.82, 2.24) is 15.1 Å². The lowest BCUT2D eigenvalue weighted by Crippen LogP contribution is -2.42. The van der Waals surface area contributed by atoms with Crippen LogP contribution in [0.25, 0.3) is 0 Å². The fourth-order valence-corrected chi connectivity index (χ4v) is 3.12. The molecule has 0 radical (unpaired) electrons. The zero-order valence-electron chi connectivity index (χ0n) is 16.0. The van der Waals surface area contributed by atoms with Gasteiger partial charge in [0, 0.05) is 33.3 Å². The van der Waals surface area contributed by atoms with Crippen molar-refractivity contribution in [2.75, 3.05) is 33.3 Å². The van der Waals surface area contributed by atoms with Gasteiger partial charge in [-0.25, -0.2) is 4.79 Å². The zero-order valence-corrected chi connectivity index (χ0v) is 16.0. The van der Waals surface area contributed by atoms with Crippen LogP contribution in [0.1, 0.15) is 44.2 Å². The van der Waals surface area contributed by atoms with Crippen LogP contribution in [0.15, 0.2) is 24.3 Å². The van der Waals surface area contributed by atoms with Gasteiger partial charge in [-0.3, -0.25) is 4.90 Å². The topological polar surface area (TPSA) is 44.8 Å². The molecule has 2 amide bonds. The molecule has 1 fully saturated rings. The predicted octanol–water partition coefficient (Wildman–Crippen LogP) is 3.24. The zero-order chi connectivity index (χ0) is 18.1. The quantitative estimate of drug-likeness (QED) is 0.785. The van der Waals surface area contributed by atoms with Crippen LogP contribution in [0.5, 0.6) is 0 Å². The highest BCUT2D eigenvalue weighted by atomic mass is 16.5. The second-order valence-corrected chi connectivity index (χ2v) is 6.81. The minimum absolute atomic E-state index is 0.0404. The minimum Gasteiger partial charge on any atom is -0.376 e. The van der Waals surface area contributed by atoms with Gasteiger partial charge < -0.3 is 15.0 Å². The fraction of sp³-hybridized carbons (Fsp3) is 0.650. The number of benzene rings is 1. The van der Waals surface area contributed by atoms with Crippen molar-refractivity contribution in [3.63, 3.8) is 0 Å². The van der Waals surface area contributed by atoms with E-state index in [1.54, 1.807) is 4.90 Å². The molecule has 5 nitrogen and oxygen atoms in total. The smallest absolute Gasteiger partial charge is 0.317 e. The van der Waals surface area contributed by atoms with Gasteiger partial charge in [0.05, 0.1) is 6.10 Å². The number of carbonyl (C=O) groups excluding carboxylic acids is 1. The fourth-order valence-electron chi connectivity index (χ4n) is 3.12. The number of nitrogens with one attached hydrogen (secondary N) is 1. The highest BCUT2D eigenvalue weighted by Crippen LogP contribution is 2.13. The second-order valence-electron chi connectivity index (χ2n) is 6.81. The standard InChI is InChI=1S/C20H33N3O2/c1-4-23(5-2)15-18-11-9-17(10-12-18)14-21-20(24)22(3)16-19-8-6-7-13-25-19/h9-12,19H,4-8,13-16H2,1-3H3,(H,21,24). The molecule has 140 valence electrons. The molecule has 1 saturated heterocycles. The molecule has 2 rings (SSSR count). The summed E-state index contributed by atoms with van der Waals surface area (Å²) in [4.78, 5) is 16.3. The SMILES string of the molecule is CCN(CC)Cc1ccc(CNC(=O)N(C)CC2CCCCO2)cc1. The molecule has 1 N–H and O–H groups in total. The van der Waals surface area contributed by atoms with Gasteiger partial charge in [0.1, 0.15) is 0 Å². The number of urea groups is 1. The lowest BCUT2D eigenvalue weighted by Gasteiger charge is -2.27. The average molecular weight is 348 g/mol. The molecule has 0 bridgehead atoms. The molecule has 5 heteroatoms. The predicted molar refractivity (Wildman–Crippen MR) is 102 cm³/mol. The maximum absolute atomic E-state index is 12.2. The number of amides is 2. The van der Waals surface area contributed by atoms with Crippen LogP contribution in [0.3, 0.4) is 0 Å². The summed E-state index contributed by atoms with van der Waals surface area (Å²) in [6, 6.07) is 8.47. The van der Waals surface area contributed by atoms with Crippen LogP contribution in [0, 0.1) is 0 Å². The van der Waals surface area contributed by atoms with E-state index >= 15 is 0 Å². The van der Waals surface area contributed by atoms with Crippen LogP contribution in [-0.4, -0.2) is 55.2 Å². The Labute approximate surface area is 152 Å². The van der Waals surface area contributed by atoms with Crippen molar-refractivity contribution in [3.8, 4) is 0 Å². The molecule has 0 aliphatic carbocycles. The highest BCUT2D eigenvalue weighted by Gasteiger charge is 2.18. The summed E-state index contributed by atoms with van der Waals surface area (Å²) in [7, 11) is 1.83. The van der Waals surface area contributed by atoms with Crippen molar-refractivity contribution < 1.29 is 9.53 Å². The summed E-state index contributed by atoms with van der Waals surface area (Å²) >= 11 is 0. The van der Waals surface area contributed by atoms with Crippen LogP contribution >= 0.6 is 0 Å². The molecule has 1 aromatic rings. The van der Waals surface area contributed by atoms with E-state index < -0.39 is 0 Å². The summed E-state index contributed by atoms with van der Waals surface area (Å²) in [6.45, 7) is 9.50. The van der Waals surface area contributed by atoms with Gasteiger partial charge in [-0.15, -0.1) is 0 Å². The van der Waals surface area contributed by atoms with E-state index in [4.69, 9.17) is 4.74 Å². The Balaban J connectivity index is 1.75. The van der Waals surface area contributed by atoms with E-state index in [2.05, 4.69) is 48.3 Å². The molecular weight excluding hydrogens is 314 g/mol. The van der Waals surface area contributed by atoms with E-state index in [1.807, 2.05) is 7.05 Å². The van der Waals surface area contributed by atoms with Crippen molar-refractivity contribution in [3.05, 3.63) is 35.4 Å². The van der Waals surface area contributed by atoms with Gasteiger partial charge in [0.25, 0.3) is 0 Å². The molecule has 1 heterocycles. The lowest BCUT2D eigenvalue weighted by molar-refractivity contribution is 0.00385. The Morgan fingerprint density at radius 2 is 1.84 bits per heavy atom. The summed E-state index contributed by atoms with van der Waals surface area (Å²) < 4.78 is 5.70. The summed E-state index contributed by atoms with van der Waals surface area (Å²) in [5, 5.41) is 2.99. The molecule has 1 unspecified atom stereocenters. The summed E-state index contributed by atoms with van der Waals surface area (Å²) in [5.74, 6) is 0. The number of hydrogen-bond acceptors (Lipinski definition) is 3. The van der Waals surface area contributed by atoms with Gasteiger partial charge in [0.15, 0.2) is 0 Å². The van der Waals surface area contributed by atoms with E-state index in [1.165, 1.54) is 12.0 Å². The molecule has 1 aliphatic rings. The average Bonchev–Trinajstić information content (AvgIpc) is 2.65. The van der Waals surface area contributed by atoms with E-state index in [9.17, 15) is 4.79 Å². The summed E-state index contributed by atoms with van der Waals surface area (Å²) in [5.41, 5.74) is 2.43. The molecule has 1 aliphatic heterocycles. The normalized spacial score (nSPS) is 17.5. The third-order valence-electron chi connectivity index (χ3n) is 4.87. The minimum atomic E-state index is -0.0404. The first-order valence-electron chi connectivity index (χ1n) is 9.53. The van der Waals surface area contributed by atoms with E-state index in [-0.39, 0.29) is 12.1 Å². The van der Waals surface area contributed by atoms with Crippen molar-refractivity contribution in [1.29, 1.82) is 0 Å². The van der Waals surface area contributed by atoms with Crippen LogP contribution in [0.4, 0.5) is 4.79 Å². The maximum atomic E-state index is 12.2. The van der Waals surface area contributed by atoms with Gasteiger partial charge in [-0.1, -0.05) is 38.1 Å². The van der Waals surface area contributed by atoms with Crippen LogP contribution in [0.2, 0.25) is 0 Å². The Bertz CT molecular complexity index is 508. The molecule has 1 aromatic carbocycles. The van der Waals surface area contributed by atoms with E-state index in [0.29, 0.717) is 13.1 Å². The number of rotatable bonds is 8. The largest absolute Gasteiger partial charge is 0.376 e. The van der Waals surface area contributed by atoms with E-state index in [0.717, 1.165) is 44.6 Å². The Morgan fingerprint density at radius 3 is 2.44 bits per heavy atom. The Morgan fingerprint density at radius 1 is 1.16 bits per heavy atom. The van der Waals surface area contributed by atoms with Crippen molar-refractivity contribution in [2.24, 2.45) is 0 Å². The Hall–Kier alpha value is -1.59. The number of carbonyl (C=O) groups is 1. The molecule has 0 aromatic heterocycles. The number of hydrogen-bond donors (Lipinski definition) is 1. The molecular formula is C20H33N3O2. The maximum Gasteiger partial charge on any atom is 0.317 e. The lowest BCUT2D eigenvalue weighted by atomic mass is 10.1. The van der Waals surface area contributed by atoms with Crippen molar-refractivity contribution >= 4 is 6.03 Å². The number of likely N-dealkylation sites (N-methyl/N-ethyl adjacent to an activating group) is 1. The molecule has 1 atom stereocenters. The van der Waals surface area contributed by atoms with Gasteiger partial charge >= 0.3 is 6.03 Å². The van der Waals surface area contributed by atoms with Crippen molar-refractivity contribution in [2.45, 2.75) is 52.3 Å². The second kappa shape index (κ2) is 10.4. The third-order valence-corrected chi connectivity index (χ3v) is 4.87. The third kappa shape index (κ3) is 6.67. The summed E-state index contributed by atoms with van der Waals surface area (Å²) in [6.07, 6.45) is 3.56. The highest BCUT2D eigenvalue weighted by molar-refractivity contribution is 5.73. The first-order valence-corrected chi connectivity index (χ1v) is 9.53. The van der Waals surface area contributed by atoms with Gasteiger partial charge in [0.2, 0.25) is 0 Å². The number of ether oxygens (including phenoxy) is 1. The molecule has 0 spiro atoms. The Kier molecular flexibility index (Phi) is 8.22. The van der Waals surface area contributed by atoms with Crippen LogP contribution < -0.4 is 5.32 Å². The first-order chi connectivity index (χ1) is 12.1.